The number of unbranched alkanes of at least 4 members (excludes halogenated alkanes) is 30. The molecule has 6 nitrogen and oxygen atoms in total. The van der Waals surface area contributed by atoms with E-state index in [9.17, 15) is 14.4 Å². The normalized spacial score (nSPS) is 12.5. The van der Waals surface area contributed by atoms with Gasteiger partial charge in [-0.2, -0.15) is 0 Å². The highest BCUT2D eigenvalue weighted by molar-refractivity contribution is 5.71. The molecule has 0 N–H and O–H groups in total. The average molecular weight is 924 g/mol. The second kappa shape index (κ2) is 54.7. The van der Waals surface area contributed by atoms with E-state index in [-0.39, 0.29) is 31.1 Å². The van der Waals surface area contributed by atoms with Gasteiger partial charge in [-0.25, -0.2) is 0 Å². The van der Waals surface area contributed by atoms with Crippen molar-refractivity contribution < 1.29 is 28.6 Å². The molecule has 0 aliphatic heterocycles. The van der Waals surface area contributed by atoms with Crippen molar-refractivity contribution in [2.45, 2.75) is 290 Å². The number of allylic oxidation sites excluding steroid dienone is 10. The van der Waals surface area contributed by atoms with Crippen LogP contribution in [0.4, 0.5) is 0 Å². The first-order chi connectivity index (χ1) is 32.5. The van der Waals surface area contributed by atoms with Crippen molar-refractivity contribution in [1.29, 1.82) is 0 Å². The van der Waals surface area contributed by atoms with E-state index in [2.05, 4.69) is 81.5 Å². The first-order valence-electron chi connectivity index (χ1n) is 28.3. The van der Waals surface area contributed by atoms with Crippen LogP contribution in [0.3, 0.4) is 0 Å². The van der Waals surface area contributed by atoms with Gasteiger partial charge in [-0.1, -0.05) is 242 Å². The van der Waals surface area contributed by atoms with Crippen molar-refractivity contribution in [3.8, 4) is 0 Å². The molecule has 0 radical (unpaired) electrons. The van der Waals surface area contributed by atoms with Crippen molar-refractivity contribution >= 4 is 17.9 Å². The molecule has 0 saturated heterocycles. The maximum atomic E-state index is 12.8. The molecule has 0 heterocycles. The minimum atomic E-state index is -0.772. The molecule has 0 bridgehead atoms. The third-order valence-corrected chi connectivity index (χ3v) is 12.3. The monoisotopic (exact) mass is 923 g/mol. The average Bonchev–Trinajstić information content (AvgIpc) is 3.31. The number of carbonyl (C=O) groups excluding carboxylic acids is 3. The van der Waals surface area contributed by atoms with Gasteiger partial charge in [-0.15, -0.1) is 0 Å². The van der Waals surface area contributed by atoms with Gasteiger partial charge in [0.25, 0.3) is 0 Å². The van der Waals surface area contributed by atoms with Crippen LogP contribution in [-0.4, -0.2) is 37.2 Å². The molecule has 0 aromatic carbocycles. The lowest BCUT2D eigenvalue weighted by molar-refractivity contribution is -0.167. The van der Waals surface area contributed by atoms with Gasteiger partial charge in [0.1, 0.15) is 13.2 Å². The van der Waals surface area contributed by atoms with Crippen LogP contribution < -0.4 is 0 Å². The Morgan fingerprint density at radius 2 is 0.591 bits per heavy atom. The maximum Gasteiger partial charge on any atom is 0.306 e. The molecule has 0 fully saturated rings. The summed E-state index contributed by atoms with van der Waals surface area (Å²) in [6, 6.07) is 0. The Hall–Kier alpha value is -2.89. The Kier molecular flexibility index (Phi) is 52.3. The van der Waals surface area contributed by atoms with Crippen LogP contribution in [0.1, 0.15) is 284 Å². The van der Waals surface area contributed by atoms with Gasteiger partial charge in [-0.3, -0.25) is 14.4 Å². The minimum Gasteiger partial charge on any atom is -0.462 e. The first kappa shape index (κ1) is 63.1. The fraction of sp³-hybridized carbons (Fsp3) is 0.783. The lowest BCUT2D eigenvalue weighted by Gasteiger charge is -2.18. The van der Waals surface area contributed by atoms with Gasteiger partial charge in [0.2, 0.25) is 0 Å². The smallest absolute Gasteiger partial charge is 0.306 e. The van der Waals surface area contributed by atoms with E-state index < -0.39 is 6.10 Å². The summed E-state index contributed by atoms with van der Waals surface area (Å²) in [5.41, 5.74) is 0. The van der Waals surface area contributed by atoms with E-state index >= 15 is 0 Å². The summed E-state index contributed by atoms with van der Waals surface area (Å²) in [4.78, 5) is 37.8. The predicted molar refractivity (Wildman–Crippen MR) is 284 cm³/mol. The third-order valence-electron chi connectivity index (χ3n) is 12.3. The van der Waals surface area contributed by atoms with Gasteiger partial charge in [0.15, 0.2) is 6.10 Å². The lowest BCUT2D eigenvalue weighted by atomic mass is 10.0. The number of esters is 3. The molecule has 66 heavy (non-hydrogen) atoms. The molecule has 1 atom stereocenters. The molecular formula is C60H106O6. The van der Waals surface area contributed by atoms with Crippen LogP contribution >= 0.6 is 0 Å². The number of carbonyl (C=O) groups is 3. The molecule has 0 rings (SSSR count). The molecular weight excluding hydrogens is 817 g/mol. The Balaban J connectivity index is 4.08. The zero-order valence-corrected chi connectivity index (χ0v) is 43.7. The number of hydrogen-bond acceptors (Lipinski definition) is 6. The van der Waals surface area contributed by atoms with Crippen LogP contribution in [0, 0.1) is 0 Å². The van der Waals surface area contributed by atoms with Crippen LogP contribution in [0.25, 0.3) is 0 Å². The Morgan fingerprint density at radius 3 is 0.939 bits per heavy atom. The Bertz CT molecular complexity index is 1200. The molecule has 382 valence electrons. The number of ether oxygens (including phenoxy) is 3. The fourth-order valence-corrected chi connectivity index (χ4v) is 8.02. The largest absolute Gasteiger partial charge is 0.462 e. The quantitative estimate of drug-likeness (QED) is 0.0262. The number of hydrogen-bond donors (Lipinski definition) is 0. The SMILES string of the molecule is CC/C=C\C/C=C\C/C=C\C/C=C\CCCCCCCCCCCCCCC(=O)OCC(COC(=O)CCCCCCC)OC(=O)CCCCCCCCC/C=C\CCCCCCCCC. The maximum absolute atomic E-state index is 12.8. The summed E-state index contributed by atoms with van der Waals surface area (Å²) in [7, 11) is 0. The second-order valence-electron chi connectivity index (χ2n) is 18.8. The zero-order valence-electron chi connectivity index (χ0n) is 43.7. The van der Waals surface area contributed by atoms with Gasteiger partial charge >= 0.3 is 17.9 Å². The molecule has 0 aliphatic rings. The van der Waals surface area contributed by atoms with Crippen molar-refractivity contribution in [2.75, 3.05) is 13.2 Å². The van der Waals surface area contributed by atoms with Crippen molar-refractivity contribution in [3.63, 3.8) is 0 Å². The lowest BCUT2D eigenvalue weighted by Crippen LogP contribution is -2.30. The van der Waals surface area contributed by atoms with E-state index in [0.717, 1.165) is 89.9 Å². The second-order valence-corrected chi connectivity index (χ2v) is 18.8. The molecule has 0 amide bonds. The molecule has 0 aromatic heterocycles. The minimum absolute atomic E-state index is 0.0754. The van der Waals surface area contributed by atoms with Gasteiger partial charge in [-0.05, 0) is 83.5 Å². The van der Waals surface area contributed by atoms with E-state index in [1.54, 1.807) is 0 Å². The van der Waals surface area contributed by atoms with Crippen molar-refractivity contribution in [1.82, 2.24) is 0 Å². The summed E-state index contributed by atoms with van der Waals surface area (Å²) in [6.45, 7) is 6.46. The molecule has 0 aromatic rings. The summed E-state index contributed by atoms with van der Waals surface area (Å²) in [6.07, 6.45) is 68.3. The molecule has 0 saturated carbocycles. The topological polar surface area (TPSA) is 78.9 Å². The fourth-order valence-electron chi connectivity index (χ4n) is 8.02. The van der Waals surface area contributed by atoms with Crippen molar-refractivity contribution in [2.24, 2.45) is 0 Å². The zero-order chi connectivity index (χ0) is 47.9. The third kappa shape index (κ3) is 52.1. The van der Waals surface area contributed by atoms with E-state index in [4.69, 9.17) is 14.2 Å². The first-order valence-corrected chi connectivity index (χ1v) is 28.3. The summed E-state index contributed by atoms with van der Waals surface area (Å²) in [5.74, 6) is -0.887. The van der Waals surface area contributed by atoms with Crippen LogP contribution in [0.5, 0.6) is 0 Å². The highest BCUT2D eigenvalue weighted by Crippen LogP contribution is 2.16. The highest BCUT2D eigenvalue weighted by Gasteiger charge is 2.19. The predicted octanol–water partition coefficient (Wildman–Crippen LogP) is 18.8. The summed E-state index contributed by atoms with van der Waals surface area (Å²) in [5, 5.41) is 0. The van der Waals surface area contributed by atoms with Gasteiger partial charge in [0.05, 0.1) is 0 Å². The summed E-state index contributed by atoms with van der Waals surface area (Å²) >= 11 is 0. The highest BCUT2D eigenvalue weighted by atomic mass is 16.6. The number of rotatable bonds is 51. The summed E-state index contributed by atoms with van der Waals surface area (Å²) < 4.78 is 16.7. The van der Waals surface area contributed by atoms with E-state index in [0.29, 0.717) is 19.3 Å². The molecule has 0 spiro atoms. The van der Waals surface area contributed by atoms with E-state index in [1.165, 1.54) is 154 Å². The molecule has 6 heteroatoms. The standard InChI is InChI=1S/C60H106O6/c1-4-7-10-13-15-17-19-21-23-25-27-28-29-30-31-32-33-35-36-38-40-42-44-47-50-53-59(62)65-56-57(55-64-58(61)52-49-46-12-9-6-3)66-60(63)54-51-48-45-43-41-39-37-34-26-24-22-20-18-16-14-11-8-5-2/h7,10,15,17,21,23-24,26-28,57H,4-6,8-9,11-14,16,18-20,22,25,29-56H2,1-3H3/b10-7-,17-15-,23-21-,26-24-,28-27-. The van der Waals surface area contributed by atoms with Gasteiger partial charge in [0, 0.05) is 19.3 Å². The van der Waals surface area contributed by atoms with Crippen LogP contribution in [0.2, 0.25) is 0 Å². The molecule has 1 unspecified atom stereocenters. The van der Waals surface area contributed by atoms with Crippen LogP contribution in [0.15, 0.2) is 60.8 Å². The van der Waals surface area contributed by atoms with Gasteiger partial charge < -0.3 is 14.2 Å². The van der Waals surface area contributed by atoms with E-state index in [1.807, 2.05) is 0 Å². The van der Waals surface area contributed by atoms with Crippen LogP contribution in [-0.2, 0) is 28.6 Å². The Morgan fingerprint density at radius 1 is 0.318 bits per heavy atom. The molecule has 0 aliphatic carbocycles. The Labute approximate surface area is 409 Å². The van der Waals surface area contributed by atoms with Crippen molar-refractivity contribution in [3.05, 3.63) is 60.8 Å².